The average molecular weight is 385 g/mol. The predicted molar refractivity (Wildman–Crippen MR) is 110 cm³/mol. The number of anilines is 1. The van der Waals surface area contributed by atoms with Crippen LogP contribution in [0.2, 0.25) is 0 Å². The summed E-state index contributed by atoms with van der Waals surface area (Å²) >= 11 is 0. The number of para-hydroxylation sites is 1. The van der Waals surface area contributed by atoms with E-state index in [1.807, 2.05) is 30.3 Å². The van der Waals surface area contributed by atoms with Crippen molar-refractivity contribution >= 4 is 17.5 Å². The van der Waals surface area contributed by atoms with Crippen molar-refractivity contribution in [2.24, 2.45) is 11.3 Å². The number of amides is 2. The maximum atomic E-state index is 13.1. The lowest BCUT2D eigenvalue weighted by Gasteiger charge is -2.39. The van der Waals surface area contributed by atoms with Crippen LogP contribution in [0.3, 0.4) is 0 Å². The first-order valence-electron chi connectivity index (χ1n) is 10.7. The van der Waals surface area contributed by atoms with Crippen LogP contribution < -0.4 is 16.0 Å². The molecule has 0 radical (unpaired) electrons. The Balaban J connectivity index is 1.23. The number of hydrogen-bond donors (Lipinski definition) is 3. The van der Waals surface area contributed by atoms with Crippen molar-refractivity contribution in [2.75, 3.05) is 38.0 Å². The Morgan fingerprint density at radius 3 is 2.68 bits per heavy atom. The molecule has 152 valence electrons. The van der Waals surface area contributed by atoms with E-state index in [4.69, 9.17) is 0 Å². The maximum absolute atomic E-state index is 13.1. The van der Waals surface area contributed by atoms with Crippen LogP contribution in [0.5, 0.6) is 0 Å². The van der Waals surface area contributed by atoms with Crippen molar-refractivity contribution in [1.82, 2.24) is 15.5 Å². The molecule has 0 spiro atoms. The van der Waals surface area contributed by atoms with Crippen molar-refractivity contribution in [3.05, 3.63) is 30.3 Å². The van der Waals surface area contributed by atoms with E-state index in [0.717, 1.165) is 51.1 Å². The van der Waals surface area contributed by atoms with Gasteiger partial charge in [-0.15, -0.1) is 0 Å². The summed E-state index contributed by atoms with van der Waals surface area (Å²) in [4.78, 5) is 27.5. The molecule has 0 bridgehead atoms. The number of hydrogen-bond acceptors (Lipinski definition) is 4. The van der Waals surface area contributed by atoms with Crippen molar-refractivity contribution in [2.45, 2.75) is 44.6 Å². The number of nitrogens with zero attached hydrogens (tertiary/aromatic N) is 1. The Morgan fingerprint density at radius 2 is 1.89 bits per heavy atom. The summed E-state index contributed by atoms with van der Waals surface area (Å²) in [6.07, 6.45) is 6.45. The normalized spacial score (nSPS) is 28.5. The zero-order valence-electron chi connectivity index (χ0n) is 16.6. The zero-order chi connectivity index (χ0) is 19.4. The summed E-state index contributed by atoms with van der Waals surface area (Å²) in [5.41, 5.74) is 0.659. The highest BCUT2D eigenvalue weighted by atomic mass is 16.2. The molecule has 6 nitrogen and oxygen atoms in total. The van der Waals surface area contributed by atoms with Crippen LogP contribution in [-0.2, 0) is 9.59 Å². The lowest BCUT2D eigenvalue weighted by Crippen LogP contribution is -2.53. The summed E-state index contributed by atoms with van der Waals surface area (Å²) in [7, 11) is 0. The SMILES string of the molecule is O=C(CN1CCC(NC(=O)[C@@]23CCCC[C@H]2CNC3)CC1)Nc1ccccc1. The van der Waals surface area contributed by atoms with Gasteiger partial charge in [0, 0.05) is 31.4 Å². The molecule has 2 atom stereocenters. The van der Waals surface area contributed by atoms with Gasteiger partial charge in [0.1, 0.15) is 0 Å². The van der Waals surface area contributed by atoms with Gasteiger partial charge in [-0.3, -0.25) is 14.5 Å². The Bertz CT molecular complexity index is 687. The number of piperidine rings is 1. The minimum atomic E-state index is -0.176. The summed E-state index contributed by atoms with van der Waals surface area (Å²) in [5.74, 6) is 0.792. The zero-order valence-corrected chi connectivity index (χ0v) is 16.6. The van der Waals surface area contributed by atoms with Gasteiger partial charge in [-0.2, -0.15) is 0 Å². The number of likely N-dealkylation sites (tertiary alicyclic amines) is 1. The second kappa shape index (κ2) is 8.62. The number of fused-ring (bicyclic) bond motifs is 1. The first-order valence-corrected chi connectivity index (χ1v) is 10.7. The van der Waals surface area contributed by atoms with Gasteiger partial charge in [0.25, 0.3) is 0 Å². The number of rotatable bonds is 5. The summed E-state index contributed by atoms with van der Waals surface area (Å²) in [6, 6.07) is 9.80. The van der Waals surface area contributed by atoms with E-state index >= 15 is 0 Å². The van der Waals surface area contributed by atoms with Gasteiger partial charge < -0.3 is 16.0 Å². The predicted octanol–water partition coefficient (Wildman–Crippen LogP) is 1.99. The van der Waals surface area contributed by atoms with E-state index in [-0.39, 0.29) is 23.3 Å². The average Bonchev–Trinajstić information content (AvgIpc) is 3.16. The molecular formula is C22H32N4O2. The smallest absolute Gasteiger partial charge is 0.238 e. The summed E-state index contributed by atoms with van der Waals surface area (Å²) in [5, 5.41) is 9.76. The van der Waals surface area contributed by atoms with Crippen LogP contribution in [0.4, 0.5) is 5.69 Å². The molecule has 3 aliphatic rings. The Kier molecular flexibility index (Phi) is 5.97. The number of benzene rings is 1. The summed E-state index contributed by atoms with van der Waals surface area (Å²) < 4.78 is 0. The fourth-order valence-corrected chi connectivity index (χ4v) is 5.18. The van der Waals surface area contributed by atoms with Gasteiger partial charge in [0.2, 0.25) is 11.8 Å². The molecule has 2 saturated heterocycles. The molecule has 3 N–H and O–H groups in total. The van der Waals surface area contributed by atoms with Crippen molar-refractivity contribution in [3.8, 4) is 0 Å². The van der Waals surface area contributed by atoms with Gasteiger partial charge in [-0.1, -0.05) is 31.0 Å². The van der Waals surface area contributed by atoms with Gasteiger partial charge in [-0.25, -0.2) is 0 Å². The van der Waals surface area contributed by atoms with Crippen molar-refractivity contribution in [1.29, 1.82) is 0 Å². The third kappa shape index (κ3) is 4.23. The van der Waals surface area contributed by atoms with E-state index in [2.05, 4.69) is 20.9 Å². The highest BCUT2D eigenvalue weighted by Gasteiger charge is 2.50. The van der Waals surface area contributed by atoms with E-state index in [1.54, 1.807) is 0 Å². The standard InChI is InChI=1S/C22H32N4O2/c27-20(24-18-7-2-1-3-8-18)15-26-12-9-19(10-13-26)25-21(28)22-11-5-4-6-17(22)14-23-16-22/h1-3,7-8,17,19,23H,4-6,9-16H2,(H,24,27)(H,25,28)/t17-,22+/m0/s1. The first kappa shape index (κ1) is 19.4. The largest absolute Gasteiger partial charge is 0.353 e. The van der Waals surface area contributed by atoms with E-state index in [1.165, 1.54) is 19.3 Å². The summed E-state index contributed by atoms with van der Waals surface area (Å²) in [6.45, 7) is 3.93. The lowest BCUT2D eigenvalue weighted by atomic mass is 9.67. The van der Waals surface area contributed by atoms with Crippen LogP contribution in [0.1, 0.15) is 38.5 Å². The highest BCUT2D eigenvalue weighted by molar-refractivity contribution is 5.92. The third-order valence-corrected chi connectivity index (χ3v) is 6.84. The maximum Gasteiger partial charge on any atom is 0.238 e. The second-order valence-electron chi connectivity index (χ2n) is 8.67. The molecule has 1 aromatic rings. The molecule has 6 heteroatoms. The molecule has 3 fully saturated rings. The molecule has 0 unspecified atom stereocenters. The fourth-order valence-electron chi connectivity index (χ4n) is 5.18. The van der Waals surface area contributed by atoms with Gasteiger partial charge >= 0.3 is 0 Å². The molecule has 28 heavy (non-hydrogen) atoms. The minimum Gasteiger partial charge on any atom is -0.353 e. The van der Waals surface area contributed by atoms with E-state index < -0.39 is 0 Å². The van der Waals surface area contributed by atoms with Gasteiger partial charge in [0.05, 0.1) is 12.0 Å². The number of nitrogens with one attached hydrogen (secondary N) is 3. The van der Waals surface area contributed by atoms with Crippen LogP contribution in [0.15, 0.2) is 30.3 Å². The molecule has 2 amide bonds. The molecule has 4 rings (SSSR count). The Labute approximate surface area is 167 Å². The molecule has 1 aromatic carbocycles. The highest BCUT2D eigenvalue weighted by Crippen LogP contribution is 2.44. The van der Waals surface area contributed by atoms with Crippen molar-refractivity contribution < 1.29 is 9.59 Å². The number of carbonyl (C=O) groups is 2. The Morgan fingerprint density at radius 1 is 1.11 bits per heavy atom. The molecule has 2 heterocycles. The molecule has 0 aromatic heterocycles. The van der Waals surface area contributed by atoms with Crippen LogP contribution in [0.25, 0.3) is 0 Å². The minimum absolute atomic E-state index is 0.0228. The molecule has 1 saturated carbocycles. The van der Waals surface area contributed by atoms with Crippen LogP contribution >= 0.6 is 0 Å². The number of carbonyl (C=O) groups excluding carboxylic acids is 2. The topological polar surface area (TPSA) is 73.5 Å². The monoisotopic (exact) mass is 384 g/mol. The van der Waals surface area contributed by atoms with Crippen LogP contribution in [0, 0.1) is 11.3 Å². The van der Waals surface area contributed by atoms with Gasteiger partial charge in [-0.05, 0) is 50.3 Å². The third-order valence-electron chi connectivity index (χ3n) is 6.84. The van der Waals surface area contributed by atoms with Crippen molar-refractivity contribution in [3.63, 3.8) is 0 Å². The van der Waals surface area contributed by atoms with Gasteiger partial charge in [0.15, 0.2) is 0 Å². The van der Waals surface area contributed by atoms with E-state index in [0.29, 0.717) is 12.5 Å². The Hall–Kier alpha value is -1.92. The molecule has 1 aliphatic carbocycles. The second-order valence-corrected chi connectivity index (χ2v) is 8.67. The molecular weight excluding hydrogens is 352 g/mol. The van der Waals surface area contributed by atoms with E-state index in [9.17, 15) is 9.59 Å². The first-order chi connectivity index (χ1) is 13.7. The lowest BCUT2D eigenvalue weighted by molar-refractivity contribution is -0.135. The van der Waals surface area contributed by atoms with Crippen LogP contribution in [-0.4, -0.2) is 55.5 Å². The molecule has 2 aliphatic heterocycles. The fraction of sp³-hybridized carbons (Fsp3) is 0.636. The quantitative estimate of drug-likeness (QED) is 0.726.